The molecule has 1 atom stereocenters. The van der Waals surface area contributed by atoms with Gasteiger partial charge in [0.05, 0.1) is 5.69 Å². The minimum atomic E-state index is -4.76. The van der Waals surface area contributed by atoms with E-state index >= 15 is 0 Å². The normalized spacial score (nSPS) is 19.6. The summed E-state index contributed by atoms with van der Waals surface area (Å²) in [5.41, 5.74) is 2.13. The number of ether oxygens (including phenoxy) is 1. The second-order valence-corrected chi connectivity index (χ2v) is 7.39. The van der Waals surface area contributed by atoms with E-state index in [1.807, 2.05) is 25.2 Å². The lowest BCUT2D eigenvalue weighted by molar-refractivity contribution is -0.303. The number of hydrogen-bond donors (Lipinski definition) is 1. The Hall–Kier alpha value is -2.67. The van der Waals surface area contributed by atoms with Crippen molar-refractivity contribution in [3.63, 3.8) is 0 Å². The van der Waals surface area contributed by atoms with Gasteiger partial charge in [-0.1, -0.05) is 29.8 Å². The number of hydrogen-bond acceptors (Lipinski definition) is 3. The van der Waals surface area contributed by atoms with E-state index in [-0.39, 0.29) is 11.7 Å². The van der Waals surface area contributed by atoms with Crippen LogP contribution >= 0.6 is 11.6 Å². The summed E-state index contributed by atoms with van der Waals surface area (Å²) < 4.78 is 48.1. The Morgan fingerprint density at radius 3 is 2.83 bits per heavy atom. The highest BCUT2D eigenvalue weighted by molar-refractivity contribution is 6.29. The first-order chi connectivity index (χ1) is 13.8. The lowest BCUT2D eigenvalue weighted by Crippen LogP contribution is -2.14. The minimum absolute atomic E-state index is 0.0601. The van der Waals surface area contributed by atoms with Crippen LogP contribution in [0.2, 0.25) is 0 Å². The van der Waals surface area contributed by atoms with Gasteiger partial charge in [-0.2, -0.15) is 0 Å². The number of furan rings is 1. The molecule has 8 heteroatoms. The molecule has 152 valence electrons. The molecule has 1 N–H and O–H groups in total. The van der Waals surface area contributed by atoms with Crippen molar-refractivity contribution in [1.29, 1.82) is 0 Å². The molecule has 4 rings (SSSR count). The summed E-state index contributed by atoms with van der Waals surface area (Å²) in [6, 6.07) is 3.33. The van der Waals surface area contributed by atoms with Gasteiger partial charge in [0.2, 0.25) is 0 Å². The highest BCUT2D eigenvalue weighted by atomic mass is 35.5. The van der Waals surface area contributed by atoms with Crippen molar-refractivity contribution in [2.75, 3.05) is 0 Å². The van der Waals surface area contributed by atoms with Crippen molar-refractivity contribution < 1.29 is 22.3 Å². The Balaban J connectivity index is 1.63. The zero-order chi connectivity index (χ0) is 20.6. The Kier molecular flexibility index (Phi) is 5.17. The summed E-state index contributed by atoms with van der Waals surface area (Å²) in [6.07, 6.45) is 5.69. The molecule has 0 bridgehead atoms. The zero-order valence-corrected chi connectivity index (χ0v) is 16.3. The summed E-state index contributed by atoms with van der Waals surface area (Å²) in [4.78, 5) is 7.84. The van der Waals surface area contributed by atoms with Gasteiger partial charge in [0.1, 0.15) is 11.5 Å². The van der Waals surface area contributed by atoms with Crippen LogP contribution in [-0.2, 0) is 4.74 Å². The van der Waals surface area contributed by atoms with Gasteiger partial charge in [0, 0.05) is 22.2 Å². The molecule has 0 saturated heterocycles. The second kappa shape index (κ2) is 7.63. The first-order valence-corrected chi connectivity index (χ1v) is 9.53. The van der Waals surface area contributed by atoms with Gasteiger partial charge in [-0.25, -0.2) is 4.98 Å². The fourth-order valence-corrected chi connectivity index (χ4v) is 3.75. The van der Waals surface area contributed by atoms with E-state index in [9.17, 15) is 13.2 Å². The van der Waals surface area contributed by atoms with Crippen molar-refractivity contribution in [3.05, 3.63) is 70.5 Å². The van der Waals surface area contributed by atoms with Gasteiger partial charge in [0.15, 0.2) is 11.6 Å². The largest absolute Gasteiger partial charge is 0.573 e. The average Bonchev–Trinajstić information content (AvgIpc) is 3.28. The van der Waals surface area contributed by atoms with Crippen LogP contribution in [-0.4, -0.2) is 16.3 Å². The molecule has 2 aliphatic rings. The fourth-order valence-electron chi connectivity index (χ4n) is 3.51. The van der Waals surface area contributed by atoms with Crippen LogP contribution in [0.1, 0.15) is 42.3 Å². The maximum absolute atomic E-state index is 12.7. The predicted molar refractivity (Wildman–Crippen MR) is 104 cm³/mol. The summed E-state index contributed by atoms with van der Waals surface area (Å²) >= 11 is 6.14. The number of halogens is 4. The molecule has 0 amide bonds. The van der Waals surface area contributed by atoms with Crippen molar-refractivity contribution >= 4 is 17.2 Å². The third kappa shape index (κ3) is 4.34. The number of alkyl halides is 3. The first kappa shape index (κ1) is 19.6. The molecule has 0 saturated carbocycles. The third-order valence-corrected chi connectivity index (χ3v) is 5.08. The van der Waals surface area contributed by atoms with E-state index in [2.05, 4.69) is 14.7 Å². The van der Waals surface area contributed by atoms with Crippen LogP contribution in [0.5, 0.6) is 0 Å². The number of nitrogens with one attached hydrogen (secondary N) is 1. The van der Waals surface area contributed by atoms with Gasteiger partial charge in [-0.3, -0.25) is 0 Å². The smallest absolute Gasteiger partial charge is 0.453 e. The Morgan fingerprint density at radius 2 is 2.07 bits per heavy atom. The topological polar surface area (TPSA) is 51.0 Å². The van der Waals surface area contributed by atoms with E-state index in [0.717, 1.165) is 16.4 Å². The number of H-pyrrole nitrogens is 1. The van der Waals surface area contributed by atoms with Crippen molar-refractivity contribution in [3.8, 4) is 11.6 Å². The maximum atomic E-state index is 12.7. The molecule has 2 aromatic heterocycles. The first-order valence-electron chi connectivity index (χ1n) is 9.15. The maximum Gasteiger partial charge on any atom is 0.573 e. The van der Waals surface area contributed by atoms with E-state index < -0.39 is 6.36 Å². The molecule has 0 fully saturated rings. The highest BCUT2D eigenvalue weighted by Crippen LogP contribution is 2.36. The van der Waals surface area contributed by atoms with Crippen molar-refractivity contribution in [1.82, 2.24) is 9.97 Å². The van der Waals surface area contributed by atoms with Gasteiger partial charge < -0.3 is 14.1 Å². The molecular weight excluding hydrogens is 405 g/mol. The van der Waals surface area contributed by atoms with Crippen LogP contribution in [0.15, 0.2) is 57.7 Å². The summed E-state index contributed by atoms with van der Waals surface area (Å²) in [5, 5.41) is 0.760. The lowest BCUT2D eigenvalue weighted by Gasteiger charge is -2.16. The van der Waals surface area contributed by atoms with Gasteiger partial charge in [-0.15, -0.1) is 13.2 Å². The Bertz CT molecular complexity index is 1040. The second-order valence-electron chi connectivity index (χ2n) is 6.90. The minimum Gasteiger partial charge on any atom is -0.453 e. The highest BCUT2D eigenvalue weighted by Gasteiger charge is 2.33. The monoisotopic (exact) mass is 422 g/mol. The van der Waals surface area contributed by atoms with Crippen molar-refractivity contribution in [2.45, 2.75) is 38.5 Å². The molecule has 29 heavy (non-hydrogen) atoms. The predicted octanol–water partition coefficient (Wildman–Crippen LogP) is 6.74. The third-order valence-electron chi connectivity index (χ3n) is 4.80. The summed E-state index contributed by atoms with van der Waals surface area (Å²) in [6.45, 7) is 1.92. The number of aromatic amines is 1. The van der Waals surface area contributed by atoms with Crippen LogP contribution < -0.4 is 0 Å². The molecule has 2 heterocycles. The fraction of sp³-hybridized carbons (Fsp3) is 0.286. The Morgan fingerprint density at radius 1 is 1.28 bits per heavy atom. The standard InChI is InChI=1S/C21H18ClF3N2O2/c1-12-19(13-5-4-6-14(22)11-13)27-20(26-12)18-10-9-16(28-18)15-7-2-3-8-17(15)29-21(23,24)25/h3-6,8-10,13H,2,7,11H2,1H3,(H,26,27). The number of aryl methyl sites for hydroxylation is 1. The quantitative estimate of drug-likeness (QED) is 0.593. The Labute approximate surface area is 170 Å². The lowest BCUT2D eigenvalue weighted by atomic mass is 9.96. The molecule has 0 spiro atoms. The molecule has 2 aliphatic carbocycles. The summed E-state index contributed by atoms with van der Waals surface area (Å²) in [7, 11) is 0. The molecule has 1 unspecified atom stereocenters. The van der Waals surface area contributed by atoms with Gasteiger partial charge in [-0.05, 0) is 50.5 Å². The van der Waals surface area contributed by atoms with Gasteiger partial charge in [0.25, 0.3) is 0 Å². The number of aromatic nitrogens is 2. The van der Waals surface area contributed by atoms with Crippen LogP contribution in [0.25, 0.3) is 17.2 Å². The van der Waals surface area contributed by atoms with Crippen molar-refractivity contribution in [2.24, 2.45) is 0 Å². The molecule has 0 radical (unpaired) electrons. The van der Waals surface area contributed by atoms with E-state index in [1.54, 1.807) is 18.2 Å². The molecule has 0 aliphatic heterocycles. The zero-order valence-electron chi connectivity index (χ0n) is 15.5. The molecule has 0 aromatic carbocycles. The SMILES string of the molecule is Cc1[nH]c(-c2ccc(C3=C(OC(F)(F)F)C=CCC3)o2)nc1C1C=CC=C(Cl)C1. The van der Waals surface area contributed by atoms with E-state index in [4.69, 9.17) is 16.0 Å². The van der Waals surface area contributed by atoms with Gasteiger partial charge >= 0.3 is 6.36 Å². The molecular formula is C21H18ClF3N2O2. The molecule has 4 nitrogen and oxygen atoms in total. The molecule has 2 aromatic rings. The van der Waals surface area contributed by atoms with Crippen LogP contribution in [0, 0.1) is 6.92 Å². The average molecular weight is 423 g/mol. The van der Waals surface area contributed by atoms with Crippen LogP contribution in [0.4, 0.5) is 13.2 Å². The number of allylic oxidation sites excluding steroid dienone is 7. The number of rotatable bonds is 4. The number of imidazole rings is 1. The van der Waals surface area contributed by atoms with E-state index in [1.165, 1.54) is 6.08 Å². The van der Waals surface area contributed by atoms with Crippen LogP contribution in [0.3, 0.4) is 0 Å². The summed E-state index contributed by atoms with van der Waals surface area (Å²) in [5.74, 6) is 1.12. The number of nitrogens with zero attached hydrogens (tertiary/aromatic N) is 1. The van der Waals surface area contributed by atoms with E-state index in [0.29, 0.717) is 42.2 Å².